The molecule has 1 aromatic heterocycles. The first-order valence-electron chi connectivity index (χ1n) is 7.15. The van der Waals surface area contributed by atoms with E-state index >= 15 is 0 Å². The molecule has 0 saturated carbocycles. The molecule has 0 aliphatic rings. The summed E-state index contributed by atoms with van der Waals surface area (Å²) in [6.07, 6.45) is -5.08. The second-order valence-electron chi connectivity index (χ2n) is 5.56. The van der Waals surface area contributed by atoms with Crippen LogP contribution in [0.2, 0.25) is 0 Å². The predicted octanol–water partition coefficient (Wildman–Crippen LogP) is 7.06. The third-order valence-corrected chi connectivity index (χ3v) is 6.19. The van der Waals surface area contributed by atoms with Gasteiger partial charge in [-0.2, -0.15) is 13.2 Å². The van der Waals surface area contributed by atoms with Gasteiger partial charge in [-0.15, -0.1) is 11.3 Å². The SMILES string of the molecule is Cc1ccc(C(CC(F)(F)F)c2sc3ccccc3c2Br)cc1. The smallest absolute Gasteiger partial charge is 0.171 e. The van der Waals surface area contributed by atoms with Gasteiger partial charge in [0, 0.05) is 25.4 Å². The van der Waals surface area contributed by atoms with Crippen LogP contribution in [0, 0.1) is 6.92 Å². The molecule has 2 aromatic carbocycles. The molecule has 0 fully saturated rings. The van der Waals surface area contributed by atoms with Gasteiger partial charge < -0.3 is 0 Å². The lowest BCUT2D eigenvalue weighted by molar-refractivity contribution is -0.136. The molecule has 3 aromatic rings. The Kier molecular flexibility index (Phi) is 4.52. The van der Waals surface area contributed by atoms with Crippen LogP contribution < -0.4 is 0 Å². The van der Waals surface area contributed by atoms with Gasteiger partial charge in [0.25, 0.3) is 0 Å². The number of aryl methyl sites for hydroxylation is 1. The summed E-state index contributed by atoms with van der Waals surface area (Å²) in [5.74, 6) is -0.692. The normalized spacial score (nSPS) is 13.4. The van der Waals surface area contributed by atoms with Crippen molar-refractivity contribution in [3.8, 4) is 0 Å². The van der Waals surface area contributed by atoms with Gasteiger partial charge in [0.15, 0.2) is 0 Å². The van der Waals surface area contributed by atoms with Gasteiger partial charge in [-0.05, 0) is 34.5 Å². The first-order chi connectivity index (χ1) is 10.8. The van der Waals surface area contributed by atoms with Crippen molar-refractivity contribution in [1.29, 1.82) is 0 Å². The molecule has 0 bridgehead atoms. The van der Waals surface area contributed by atoms with Crippen molar-refractivity contribution in [3.05, 3.63) is 69.0 Å². The topological polar surface area (TPSA) is 0 Å². The molecule has 23 heavy (non-hydrogen) atoms. The Balaban J connectivity index is 2.13. The van der Waals surface area contributed by atoms with E-state index in [9.17, 15) is 13.2 Å². The quantitative estimate of drug-likeness (QED) is 0.442. The lowest BCUT2D eigenvalue weighted by atomic mass is 9.93. The van der Waals surface area contributed by atoms with Crippen LogP contribution in [0.15, 0.2) is 53.0 Å². The summed E-state index contributed by atoms with van der Waals surface area (Å²) in [5.41, 5.74) is 1.73. The number of rotatable bonds is 3. The summed E-state index contributed by atoms with van der Waals surface area (Å²) < 4.78 is 41.2. The Morgan fingerprint density at radius 1 is 1.04 bits per heavy atom. The number of benzene rings is 2. The molecule has 0 aliphatic carbocycles. The van der Waals surface area contributed by atoms with Crippen molar-refractivity contribution >= 4 is 37.4 Å². The highest BCUT2D eigenvalue weighted by Crippen LogP contribution is 2.46. The summed E-state index contributed by atoms with van der Waals surface area (Å²) in [7, 11) is 0. The van der Waals surface area contributed by atoms with Crippen molar-refractivity contribution in [1.82, 2.24) is 0 Å². The first-order valence-corrected chi connectivity index (χ1v) is 8.76. The number of thiophene rings is 1. The molecule has 0 amide bonds. The fraction of sp³-hybridized carbons (Fsp3) is 0.222. The molecular weight excluding hydrogens is 385 g/mol. The van der Waals surface area contributed by atoms with E-state index in [0.29, 0.717) is 5.56 Å². The Hall–Kier alpha value is -1.33. The lowest BCUT2D eigenvalue weighted by Gasteiger charge is -2.19. The highest BCUT2D eigenvalue weighted by Gasteiger charge is 2.35. The zero-order valence-corrected chi connectivity index (χ0v) is 14.7. The lowest BCUT2D eigenvalue weighted by Crippen LogP contribution is -2.14. The van der Waals surface area contributed by atoms with Gasteiger partial charge in [-0.25, -0.2) is 0 Å². The van der Waals surface area contributed by atoms with Crippen LogP contribution >= 0.6 is 27.3 Å². The molecule has 0 spiro atoms. The largest absolute Gasteiger partial charge is 0.390 e. The molecule has 1 heterocycles. The maximum atomic E-state index is 13.1. The van der Waals surface area contributed by atoms with E-state index in [1.54, 1.807) is 12.1 Å². The van der Waals surface area contributed by atoms with Crippen molar-refractivity contribution < 1.29 is 13.2 Å². The van der Waals surface area contributed by atoms with Gasteiger partial charge in [0.2, 0.25) is 0 Å². The number of halogens is 4. The highest BCUT2D eigenvalue weighted by atomic mass is 79.9. The van der Waals surface area contributed by atoms with Crippen LogP contribution in [0.3, 0.4) is 0 Å². The van der Waals surface area contributed by atoms with Crippen LogP contribution in [-0.4, -0.2) is 6.18 Å². The number of hydrogen-bond acceptors (Lipinski definition) is 1. The second kappa shape index (κ2) is 6.29. The molecule has 1 atom stereocenters. The number of hydrogen-bond donors (Lipinski definition) is 0. The van der Waals surface area contributed by atoms with Crippen molar-refractivity contribution in [2.75, 3.05) is 0 Å². The zero-order valence-electron chi connectivity index (χ0n) is 12.3. The summed E-state index contributed by atoms with van der Waals surface area (Å²) in [5, 5.41) is 0.965. The van der Waals surface area contributed by atoms with Crippen LogP contribution in [0.4, 0.5) is 13.2 Å². The summed E-state index contributed by atoms with van der Waals surface area (Å²) in [4.78, 5) is 0.729. The Bertz CT molecular complexity index is 818. The minimum absolute atomic E-state index is 0.692. The Morgan fingerprint density at radius 2 is 1.70 bits per heavy atom. The van der Waals surface area contributed by atoms with Crippen LogP contribution in [0.25, 0.3) is 10.1 Å². The van der Waals surface area contributed by atoms with Crippen molar-refractivity contribution in [2.24, 2.45) is 0 Å². The molecule has 0 aliphatic heterocycles. The van der Waals surface area contributed by atoms with E-state index in [2.05, 4.69) is 15.9 Å². The zero-order chi connectivity index (χ0) is 16.6. The molecule has 1 unspecified atom stereocenters. The molecule has 120 valence electrons. The highest BCUT2D eigenvalue weighted by molar-refractivity contribution is 9.10. The summed E-state index contributed by atoms with van der Waals surface area (Å²) in [6.45, 7) is 1.93. The van der Waals surface area contributed by atoms with Crippen LogP contribution in [0.1, 0.15) is 28.3 Å². The van der Waals surface area contributed by atoms with Gasteiger partial charge in [-0.3, -0.25) is 0 Å². The first kappa shape index (κ1) is 16.5. The van der Waals surface area contributed by atoms with Gasteiger partial charge in [0.05, 0.1) is 6.42 Å². The average molecular weight is 399 g/mol. The van der Waals surface area contributed by atoms with E-state index in [-0.39, 0.29) is 0 Å². The monoisotopic (exact) mass is 398 g/mol. The van der Waals surface area contributed by atoms with E-state index in [1.807, 2.05) is 43.3 Å². The van der Waals surface area contributed by atoms with Gasteiger partial charge >= 0.3 is 6.18 Å². The van der Waals surface area contributed by atoms with Crippen LogP contribution in [-0.2, 0) is 0 Å². The third kappa shape index (κ3) is 3.61. The molecule has 0 N–H and O–H groups in total. The van der Waals surface area contributed by atoms with Crippen molar-refractivity contribution in [3.63, 3.8) is 0 Å². The maximum Gasteiger partial charge on any atom is 0.390 e. The fourth-order valence-corrected chi connectivity index (χ4v) is 4.87. The molecule has 0 saturated heterocycles. The molecular formula is C18H14BrF3S. The van der Waals surface area contributed by atoms with Gasteiger partial charge in [0.1, 0.15) is 0 Å². The molecule has 5 heteroatoms. The van der Waals surface area contributed by atoms with E-state index in [0.717, 1.165) is 25.0 Å². The average Bonchev–Trinajstić information content (AvgIpc) is 2.82. The second-order valence-corrected chi connectivity index (χ2v) is 7.44. The number of fused-ring (bicyclic) bond motifs is 1. The van der Waals surface area contributed by atoms with Crippen LogP contribution in [0.5, 0.6) is 0 Å². The van der Waals surface area contributed by atoms with Crippen molar-refractivity contribution in [2.45, 2.75) is 25.4 Å². The Morgan fingerprint density at radius 3 is 2.30 bits per heavy atom. The fourth-order valence-electron chi connectivity index (χ4n) is 2.65. The Labute approximate surface area is 145 Å². The minimum atomic E-state index is -4.22. The molecule has 3 rings (SSSR count). The summed E-state index contributed by atoms with van der Waals surface area (Å²) >= 11 is 4.94. The minimum Gasteiger partial charge on any atom is -0.171 e. The molecule has 0 radical (unpaired) electrons. The van der Waals surface area contributed by atoms with E-state index < -0.39 is 18.5 Å². The van der Waals surface area contributed by atoms with E-state index in [1.165, 1.54) is 11.3 Å². The van der Waals surface area contributed by atoms with Gasteiger partial charge in [-0.1, -0.05) is 48.0 Å². The summed E-state index contributed by atoms with van der Waals surface area (Å²) in [6, 6.07) is 15.0. The van der Waals surface area contributed by atoms with E-state index in [4.69, 9.17) is 0 Å². The predicted molar refractivity (Wildman–Crippen MR) is 93.2 cm³/mol. The standard InChI is InChI=1S/C18H14BrF3S/c1-11-6-8-12(9-7-11)14(10-18(20,21)22)17-16(19)13-4-2-3-5-15(13)23-17/h2-9,14H,10H2,1H3. The molecule has 0 nitrogen and oxygen atoms in total. The number of alkyl halides is 3. The maximum absolute atomic E-state index is 13.1. The third-order valence-electron chi connectivity index (χ3n) is 3.79.